The van der Waals surface area contributed by atoms with Crippen LogP contribution in [0.1, 0.15) is 111 Å². The van der Waals surface area contributed by atoms with E-state index in [2.05, 4.69) is 20.7 Å². The maximum absolute atomic E-state index is 11.0. The normalized spacial score (nSPS) is 17.7. The number of rotatable bonds is 7. The van der Waals surface area contributed by atoms with Crippen molar-refractivity contribution in [1.29, 1.82) is 0 Å². The van der Waals surface area contributed by atoms with Crippen molar-refractivity contribution in [3.63, 3.8) is 0 Å². The van der Waals surface area contributed by atoms with Crippen molar-refractivity contribution in [3.05, 3.63) is 0 Å². The number of hydrogen-bond donors (Lipinski definition) is 3. The average Bonchev–Trinajstić information content (AvgIpc) is 3.53. The number of aliphatic hydroxyl groups is 2. The smallest absolute Gasteiger partial charge is 0.870 e. The third-order valence-corrected chi connectivity index (χ3v) is 6.36. The van der Waals surface area contributed by atoms with Gasteiger partial charge >= 0.3 is 36.8 Å². The number of aliphatic carboxylic acids is 1. The second-order valence-electron chi connectivity index (χ2n) is 9.10. The van der Waals surface area contributed by atoms with Gasteiger partial charge in [0.25, 0.3) is 0 Å². The first-order chi connectivity index (χ1) is 16.5. The van der Waals surface area contributed by atoms with E-state index in [9.17, 15) is 29.4 Å². The molecule has 0 amide bonds. The molecule has 0 aromatic heterocycles. The second kappa shape index (κ2) is 25.0. The first kappa shape index (κ1) is 44.1. The number of esters is 2. The number of carbonyl (C=O) groups is 4. The summed E-state index contributed by atoms with van der Waals surface area (Å²) >= 11 is 2.94. The number of carboxylic acid groups (broad SMARTS) is 1. The maximum Gasteiger partial charge on any atom is 1.00 e. The molecule has 38 heavy (non-hydrogen) atoms. The molecule has 0 aliphatic heterocycles. The van der Waals surface area contributed by atoms with Crippen LogP contribution in [0.25, 0.3) is 0 Å². The van der Waals surface area contributed by atoms with Crippen molar-refractivity contribution < 1.29 is 68.3 Å². The fourth-order valence-electron chi connectivity index (χ4n) is 4.15. The minimum Gasteiger partial charge on any atom is -0.870 e. The average molecular weight is 608 g/mol. The Morgan fingerprint density at radius 1 is 0.789 bits per heavy atom. The van der Waals surface area contributed by atoms with Gasteiger partial charge < -0.3 is 30.3 Å². The molecule has 220 valence electrons. The predicted molar refractivity (Wildman–Crippen MR) is 143 cm³/mol. The summed E-state index contributed by atoms with van der Waals surface area (Å²) in [5.41, 5.74) is -1.64. The van der Waals surface area contributed by atoms with Crippen molar-refractivity contribution >= 4 is 39.6 Å². The minimum absolute atomic E-state index is 0. The summed E-state index contributed by atoms with van der Waals surface area (Å²) < 4.78 is 9.28. The quantitative estimate of drug-likeness (QED) is 0.219. The number of carboxylic acids is 1. The second-order valence-corrected chi connectivity index (χ2v) is 9.66. The van der Waals surface area contributed by atoms with Crippen LogP contribution in [0.4, 0.5) is 0 Å². The molecule has 3 aliphatic rings. The van der Waals surface area contributed by atoms with Crippen LogP contribution in [0.5, 0.6) is 0 Å². The number of halogens is 1. The molecule has 0 saturated heterocycles. The topological polar surface area (TPSA) is 177 Å². The largest absolute Gasteiger partial charge is 1.00 e. The molecular weight excluding hydrogens is 559 g/mol. The Labute approximate surface area is 248 Å². The van der Waals surface area contributed by atoms with Crippen molar-refractivity contribution in [2.24, 2.45) is 0 Å². The van der Waals surface area contributed by atoms with E-state index in [-0.39, 0.29) is 56.5 Å². The molecule has 0 bridgehead atoms. The number of Topliss-reactive ketones (excluding diaryl/α,β-unsaturated/α-hetero) is 1. The molecule has 0 aromatic rings. The molecule has 0 atom stereocenters. The summed E-state index contributed by atoms with van der Waals surface area (Å²) in [7, 11) is 0. The van der Waals surface area contributed by atoms with Crippen molar-refractivity contribution in [2.75, 3.05) is 18.5 Å². The fourth-order valence-corrected chi connectivity index (χ4v) is 4.31. The van der Waals surface area contributed by atoms with Crippen LogP contribution >= 0.6 is 15.9 Å². The summed E-state index contributed by atoms with van der Waals surface area (Å²) in [6, 6.07) is 0. The summed E-state index contributed by atoms with van der Waals surface area (Å²) in [4.78, 5) is 41.6. The molecule has 0 heterocycles. The van der Waals surface area contributed by atoms with E-state index >= 15 is 0 Å². The van der Waals surface area contributed by atoms with E-state index < -0.39 is 17.2 Å². The van der Waals surface area contributed by atoms with Gasteiger partial charge in [-0.1, -0.05) is 49.0 Å². The Hall–Kier alpha value is -0.963. The SMILES string of the molecule is C.CCOC(=O)CBr.CCOC(=O)CC1(O)CCCC1.O=C(O)CC1(O)CCCC1.O=C1CCCC1.[Li+].[OH-]. The molecule has 3 aliphatic carbocycles. The molecule has 3 fully saturated rings. The zero-order chi connectivity index (χ0) is 26.7. The van der Waals surface area contributed by atoms with Crippen LogP contribution in [0, 0.1) is 0 Å². The number of carbonyl (C=O) groups excluding carboxylic acids is 3. The van der Waals surface area contributed by atoms with Crippen LogP contribution in [0.15, 0.2) is 0 Å². The third-order valence-electron chi connectivity index (χ3n) is 5.90. The molecule has 10 nitrogen and oxygen atoms in total. The monoisotopic (exact) mass is 606 g/mol. The summed E-state index contributed by atoms with van der Waals surface area (Å²) in [5.74, 6) is -0.927. The van der Waals surface area contributed by atoms with Gasteiger partial charge in [-0.05, 0) is 52.4 Å². The fraction of sp³-hybridized carbons (Fsp3) is 0.846. The Morgan fingerprint density at radius 2 is 1.16 bits per heavy atom. The van der Waals surface area contributed by atoms with Crippen molar-refractivity contribution in [3.8, 4) is 0 Å². The van der Waals surface area contributed by atoms with Gasteiger partial charge in [-0.15, -0.1) is 0 Å². The molecule has 0 spiro atoms. The summed E-state index contributed by atoms with van der Waals surface area (Å²) in [5, 5.41) is 27.9. The number of ketones is 1. The van der Waals surface area contributed by atoms with Crippen molar-refractivity contribution in [2.45, 2.75) is 122 Å². The van der Waals surface area contributed by atoms with Gasteiger partial charge in [-0.3, -0.25) is 19.2 Å². The zero-order valence-electron chi connectivity index (χ0n) is 22.6. The molecule has 3 saturated carbocycles. The third kappa shape index (κ3) is 23.0. The Bertz CT molecular complexity index is 640. The standard InChI is InChI=1S/C9H16O3.C7H12O3.C5H8O.C4H7BrO2.CH4.Li.H2O/c1-2-12-8(10)7-9(11)5-3-4-6-9;8-6(9)5-7(10)3-1-2-4-7;6-5-3-1-2-4-5;1-2-7-4(6)3-5;;;/h11H,2-7H2,1H3;10H,1-5H2,(H,8,9);1-4H2;2-3H2,1H3;1H4;;1H2/q;;;;;+1;/p-1. The number of ether oxygens (including phenoxy) is 2. The van der Waals surface area contributed by atoms with Gasteiger partial charge in [-0.25, -0.2) is 0 Å². The predicted octanol–water partition coefficient (Wildman–Crippen LogP) is 1.55. The molecule has 4 N–H and O–H groups in total. The van der Waals surface area contributed by atoms with Gasteiger partial charge in [0.05, 0.1) is 37.3 Å². The molecule has 0 aromatic carbocycles. The molecule has 0 unspecified atom stereocenters. The Kier molecular flexibility index (Phi) is 29.0. The van der Waals surface area contributed by atoms with E-state index in [1.807, 2.05) is 0 Å². The summed E-state index contributed by atoms with van der Waals surface area (Å²) in [6.07, 6.45) is 10.8. The van der Waals surface area contributed by atoms with E-state index in [0.29, 0.717) is 37.2 Å². The van der Waals surface area contributed by atoms with E-state index in [1.165, 1.54) is 0 Å². The van der Waals surface area contributed by atoms with E-state index in [0.717, 1.165) is 64.2 Å². The first-order valence-corrected chi connectivity index (χ1v) is 13.7. The number of hydrogen-bond acceptors (Lipinski definition) is 9. The van der Waals surface area contributed by atoms with Crippen molar-refractivity contribution in [1.82, 2.24) is 0 Å². The first-order valence-electron chi connectivity index (χ1n) is 12.5. The van der Waals surface area contributed by atoms with Crippen LogP contribution in [-0.2, 0) is 28.7 Å². The van der Waals surface area contributed by atoms with Gasteiger partial charge in [0.1, 0.15) is 11.1 Å². The molecule has 3 rings (SSSR count). The summed E-state index contributed by atoms with van der Waals surface area (Å²) in [6.45, 7) is 4.41. The maximum atomic E-state index is 11.0. The van der Waals surface area contributed by atoms with Gasteiger partial charge in [0.2, 0.25) is 0 Å². The van der Waals surface area contributed by atoms with E-state index in [1.54, 1.807) is 13.8 Å². The van der Waals surface area contributed by atoms with Crippen LogP contribution < -0.4 is 18.9 Å². The minimum atomic E-state index is -0.899. The van der Waals surface area contributed by atoms with E-state index in [4.69, 9.17) is 9.84 Å². The zero-order valence-corrected chi connectivity index (χ0v) is 24.2. The Balaban J connectivity index is -0.000000204. The van der Waals surface area contributed by atoms with Gasteiger partial charge in [-0.2, -0.15) is 0 Å². The molecular formula is C26H48BrLiO10. The Morgan fingerprint density at radius 3 is 1.42 bits per heavy atom. The van der Waals surface area contributed by atoms with Gasteiger partial charge in [0, 0.05) is 12.8 Å². The van der Waals surface area contributed by atoms with Gasteiger partial charge in [0.15, 0.2) is 0 Å². The van der Waals surface area contributed by atoms with Crippen LogP contribution in [-0.4, -0.2) is 74.2 Å². The molecule has 12 heteroatoms. The van der Waals surface area contributed by atoms with Crippen LogP contribution in [0.2, 0.25) is 0 Å². The molecule has 0 radical (unpaired) electrons. The number of alkyl halides is 1. The van der Waals surface area contributed by atoms with Crippen LogP contribution in [0.3, 0.4) is 0 Å².